The molecule has 0 bridgehead atoms. The Hall–Kier alpha value is -3.19. The zero-order valence-electron chi connectivity index (χ0n) is 13.8. The highest BCUT2D eigenvalue weighted by atomic mass is 16.3. The minimum absolute atomic E-state index is 0.339. The van der Waals surface area contributed by atoms with Crippen LogP contribution in [0.3, 0.4) is 0 Å². The Labute approximate surface area is 147 Å². The third-order valence-electron chi connectivity index (χ3n) is 4.71. The van der Waals surface area contributed by atoms with Crippen molar-refractivity contribution >= 4 is 16.8 Å². The van der Waals surface area contributed by atoms with E-state index in [2.05, 4.69) is 10.3 Å². The molecule has 7 heteroatoms. The lowest BCUT2D eigenvalue weighted by Crippen LogP contribution is -2.42. The molecule has 1 heterocycles. The molecule has 1 aromatic heterocycles. The number of amides is 1. The van der Waals surface area contributed by atoms with Crippen molar-refractivity contribution in [3.63, 3.8) is 0 Å². The van der Waals surface area contributed by atoms with Gasteiger partial charge in [0, 0.05) is 6.42 Å². The summed E-state index contributed by atoms with van der Waals surface area (Å²) in [5, 5.41) is 13.3. The lowest BCUT2D eigenvalue weighted by molar-refractivity contribution is -0.123. The summed E-state index contributed by atoms with van der Waals surface area (Å²) >= 11 is 0. The van der Waals surface area contributed by atoms with E-state index in [1.54, 1.807) is 24.3 Å². The summed E-state index contributed by atoms with van der Waals surface area (Å²) in [5.74, 6) is -0.506. The van der Waals surface area contributed by atoms with Gasteiger partial charge >= 0.3 is 5.69 Å². The molecule has 2 atom stereocenters. The monoisotopic (exact) mass is 351 g/mol. The second-order valence-electron chi connectivity index (χ2n) is 6.38. The number of nitrogens with one attached hydrogen (secondary N) is 2. The molecule has 132 valence electrons. The number of hydrogen-bond acceptors (Lipinski definition) is 4. The van der Waals surface area contributed by atoms with Crippen LogP contribution in [-0.4, -0.2) is 26.7 Å². The van der Waals surface area contributed by atoms with E-state index in [0.717, 1.165) is 15.7 Å². The van der Waals surface area contributed by atoms with E-state index in [1.165, 1.54) is 0 Å². The summed E-state index contributed by atoms with van der Waals surface area (Å²) < 4.78 is 0.866. The fourth-order valence-corrected chi connectivity index (χ4v) is 3.45. The van der Waals surface area contributed by atoms with Crippen molar-refractivity contribution in [3.8, 4) is 0 Å². The molecular weight excluding hydrogens is 334 g/mol. The number of aliphatic hydroxyl groups is 1. The zero-order chi connectivity index (χ0) is 18.3. The van der Waals surface area contributed by atoms with Crippen LogP contribution in [0.15, 0.2) is 58.1 Å². The molecule has 2 aromatic carbocycles. The Morgan fingerprint density at radius 2 is 1.88 bits per heavy atom. The third kappa shape index (κ3) is 2.72. The molecule has 0 saturated heterocycles. The van der Waals surface area contributed by atoms with E-state index in [1.807, 2.05) is 24.3 Å². The van der Waals surface area contributed by atoms with Crippen LogP contribution >= 0.6 is 0 Å². The molecule has 2 unspecified atom stereocenters. The molecule has 0 fully saturated rings. The van der Waals surface area contributed by atoms with Crippen molar-refractivity contribution in [2.75, 3.05) is 0 Å². The molecular formula is C19H17N3O4. The second kappa shape index (κ2) is 6.27. The molecule has 3 N–H and O–H groups in total. The number of aromatic amines is 1. The summed E-state index contributed by atoms with van der Waals surface area (Å²) in [5.41, 5.74) is 1.10. The number of nitrogens with zero attached hydrogens (tertiary/aromatic N) is 1. The van der Waals surface area contributed by atoms with Gasteiger partial charge in [0.25, 0.3) is 5.56 Å². The van der Waals surface area contributed by atoms with Crippen molar-refractivity contribution in [1.29, 1.82) is 0 Å². The highest BCUT2D eigenvalue weighted by Gasteiger charge is 2.31. The van der Waals surface area contributed by atoms with Gasteiger partial charge in [0.15, 0.2) is 0 Å². The van der Waals surface area contributed by atoms with E-state index >= 15 is 0 Å². The standard InChI is InChI=1S/C19H17N3O4/c23-15-9-11-5-1-2-6-12(11)17(15)21-16(24)10-22-18(25)13-7-3-4-8-14(13)20-19(22)26/h1-8,15,17,23H,9-10H2,(H,20,26)(H,21,24). The molecule has 0 saturated carbocycles. The minimum Gasteiger partial charge on any atom is -0.390 e. The molecule has 7 nitrogen and oxygen atoms in total. The first-order valence-electron chi connectivity index (χ1n) is 8.31. The van der Waals surface area contributed by atoms with Crippen molar-refractivity contribution < 1.29 is 9.90 Å². The summed E-state index contributed by atoms with van der Waals surface area (Å²) in [4.78, 5) is 39.7. The van der Waals surface area contributed by atoms with Crippen LogP contribution in [-0.2, 0) is 17.8 Å². The van der Waals surface area contributed by atoms with Crippen LogP contribution in [0.2, 0.25) is 0 Å². The van der Waals surface area contributed by atoms with Gasteiger partial charge in [-0.1, -0.05) is 36.4 Å². The summed E-state index contributed by atoms with van der Waals surface area (Å²) in [6, 6.07) is 13.6. The molecule has 1 amide bonds. The van der Waals surface area contributed by atoms with Gasteiger partial charge in [0.2, 0.25) is 5.91 Å². The molecule has 0 radical (unpaired) electrons. The lowest BCUT2D eigenvalue weighted by atomic mass is 10.1. The smallest absolute Gasteiger partial charge is 0.329 e. The number of aromatic nitrogens is 2. The predicted molar refractivity (Wildman–Crippen MR) is 95.9 cm³/mol. The lowest BCUT2D eigenvalue weighted by Gasteiger charge is -2.18. The van der Waals surface area contributed by atoms with Gasteiger partial charge in [-0.2, -0.15) is 0 Å². The first kappa shape index (κ1) is 16.3. The SMILES string of the molecule is O=C(Cn1c(=O)[nH]c2ccccc2c1=O)NC1c2ccccc2CC1O. The van der Waals surface area contributed by atoms with Crippen molar-refractivity contribution in [3.05, 3.63) is 80.5 Å². The van der Waals surface area contributed by atoms with Crippen molar-refractivity contribution in [2.45, 2.75) is 25.1 Å². The summed E-state index contributed by atoms with van der Waals surface area (Å²) in [6.07, 6.45) is -0.277. The average molecular weight is 351 g/mol. The Morgan fingerprint density at radius 3 is 2.73 bits per heavy atom. The number of fused-ring (bicyclic) bond motifs is 2. The fraction of sp³-hybridized carbons (Fsp3) is 0.211. The highest BCUT2D eigenvalue weighted by Crippen LogP contribution is 2.31. The Bertz CT molecular complexity index is 1120. The fourth-order valence-electron chi connectivity index (χ4n) is 3.45. The van der Waals surface area contributed by atoms with Crippen molar-refractivity contribution in [1.82, 2.24) is 14.9 Å². The van der Waals surface area contributed by atoms with Crippen LogP contribution in [0.1, 0.15) is 17.2 Å². The largest absolute Gasteiger partial charge is 0.390 e. The average Bonchev–Trinajstić information content (AvgIpc) is 2.94. The van der Waals surface area contributed by atoms with Gasteiger partial charge in [-0.25, -0.2) is 4.79 Å². The topological polar surface area (TPSA) is 104 Å². The third-order valence-corrected chi connectivity index (χ3v) is 4.71. The summed E-state index contributed by atoms with van der Waals surface area (Å²) in [6.45, 7) is -0.412. The normalized spacial score (nSPS) is 18.7. The van der Waals surface area contributed by atoms with Gasteiger partial charge in [0.05, 0.1) is 23.0 Å². The van der Waals surface area contributed by atoms with E-state index < -0.39 is 35.8 Å². The first-order chi connectivity index (χ1) is 12.5. The molecule has 0 spiro atoms. The van der Waals surface area contributed by atoms with Gasteiger partial charge in [0.1, 0.15) is 6.54 Å². The Kier molecular flexibility index (Phi) is 3.93. The minimum atomic E-state index is -0.733. The molecule has 26 heavy (non-hydrogen) atoms. The van der Waals surface area contributed by atoms with E-state index in [-0.39, 0.29) is 0 Å². The Balaban J connectivity index is 1.61. The number of hydrogen-bond donors (Lipinski definition) is 3. The van der Waals surface area contributed by atoms with Gasteiger partial charge in [-0.15, -0.1) is 0 Å². The zero-order valence-corrected chi connectivity index (χ0v) is 13.8. The maximum Gasteiger partial charge on any atom is 0.329 e. The predicted octanol–water partition coefficient (Wildman–Crippen LogP) is 0.464. The number of para-hydroxylation sites is 1. The molecule has 1 aliphatic rings. The van der Waals surface area contributed by atoms with Crippen LogP contribution in [0.5, 0.6) is 0 Å². The number of rotatable bonds is 3. The summed E-state index contributed by atoms with van der Waals surface area (Å²) in [7, 11) is 0. The highest BCUT2D eigenvalue weighted by molar-refractivity contribution is 5.79. The van der Waals surface area contributed by atoms with Gasteiger partial charge in [-0.05, 0) is 23.3 Å². The van der Waals surface area contributed by atoms with Crippen LogP contribution in [0, 0.1) is 0 Å². The van der Waals surface area contributed by atoms with E-state index in [4.69, 9.17) is 0 Å². The number of carbonyl (C=O) groups excluding carboxylic acids is 1. The number of carbonyl (C=O) groups is 1. The Morgan fingerprint density at radius 1 is 1.15 bits per heavy atom. The number of benzene rings is 2. The second-order valence-corrected chi connectivity index (χ2v) is 6.38. The molecule has 3 aromatic rings. The van der Waals surface area contributed by atoms with Crippen LogP contribution in [0.4, 0.5) is 0 Å². The quantitative estimate of drug-likeness (QED) is 0.638. The van der Waals surface area contributed by atoms with Crippen LogP contribution in [0.25, 0.3) is 10.9 Å². The van der Waals surface area contributed by atoms with Gasteiger partial charge in [-0.3, -0.25) is 14.2 Å². The molecule has 1 aliphatic carbocycles. The van der Waals surface area contributed by atoms with Crippen molar-refractivity contribution in [2.24, 2.45) is 0 Å². The molecule has 0 aliphatic heterocycles. The first-order valence-corrected chi connectivity index (χ1v) is 8.31. The van der Waals surface area contributed by atoms with E-state index in [0.29, 0.717) is 17.3 Å². The van der Waals surface area contributed by atoms with E-state index in [9.17, 15) is 19.5 Å². The molecule has 4 rings (SSSR count). The maximum absolute atomic E-state index is 12.5. The number of H-pyrrole nitrogens is 1. The maximum atomic E-state index is 12.5. The van der Waals surface area contributed by atoms with Crippen LogP contribution < -0.4 is 16.6 Å². The van der Waals surface area contributed by atoms with Gasteiger partial charge < -0.3 is 15.4 Å². The number of aliphatic hydroxyl groups excluding tert-OH is 1.